The van der Waals surface area contributed by atoms with Gasteiger partial charge in [-0.25, -0.2) is 0 Å². The molecule has 0 bridgehead atoms. The molecule has 1 aliphatic heterocycles. The molecule has 0 saturated carbocycles. The first kappa shape index (κ1) is 10.6. The molecule has 1 fully saturated rings. The van der Waals surface area contributed by atoms with Gasteiger partial charge in [0, 0.05) is 11.4 Å². The van der Waals surface area contributed by atoms with Crippen molar-refractivity contribution in [2.75, 3.05) is 13.1 Å². The number of hydrogen-bond donors (Lipinski definition) is 1. The fraction of sp³-hybridized carbons (Fsp3) is 0.538. The Bertz CT molecular complexity index is 401. The predicted molar refractivity (Wildman–Crippen MR) is 64.7 cm³/mol. The van der Waals surface area contributed by atoms with Crippen LogP contribution in [0.4, 0.5) is 0 Å². The SMILES string of the molecule is OC1Cc2cc(Cl)ccc2C1N1CCCC1. The van der Waals surface area contributed by atoms with Crippen molar-refractivity contribution >= 4 is 11.6 Å². The van der Waals surface area contributed by atoms with Crippen LogP contribution in [0.1, 0.15) is 30.0 Å². The van der Waals surface area contributed by atoms with Gasteiger partial charge in [0.25, 0.3) is 0 Å². The Balaban J connectivity index is 1.95. The summed E-state index contributed by atoms with van der Waals surface area (Å²) < 4.78 is 0. The van der Waals surface area contributed by atoms with Gasteiger partial charge in [0.05, 0.1) is 12.1 Å². The molecule has 3 rings (SSSR count). The Morgan fingerprint density at radius 3 is 2.75 bits per heavy atom. The third-order valence-electron chi connectivity index (χ3n) is 3.75. The number of aliphatic hydroxyl groups excluding tert-OH is 1. The third kappa shape index (κ3) is 1.65. The second kappa shape index (κ2) is 4.02. The van der Waals surface area contributed by atoms with Crippen LogP contribution in [0.3, 0.4) is 0 Å². The van der Waals surface area contributed by atoms with Gasteiger partial charge in [-0.2, -0.15) is 0 Å². The summed E-state index contributed by atoms with van der Waals surface area (Å²) >= 11 is 5.98. The lowest BCUT2D eigenvalue weighted by Gasteiger charge is -2.27. The number of hydrogen-bond acceptors (Lipinski definition) is 2. The highest BCUT2D eigenvalue weighted by molar-refractivity contribution is 6.30. The van der Waals surface area contributed by atoms with Gasteiger partial charge in [0.1, 0.15) is 0 Å². The Hall–Kier alpha value is -0.570. The second-order valence-electron chi connectivity index (χ2n) is 4.80. The summed E-state index contributed by atoms with van der Waals surface area (Å²) in [6.07, 6.45) is 3.00. The van der Waals surface area contributed by atoms with Crippen molar-refractivity contribution in [1.82, 2.24) is 4.90 Å². The van der Waals surface area contributed by atoms with Gasteiger partial charge in [0.2, 0.25) is 0 Å². The number of likely N-dealkylation sites (tertiary alicyclic amines) is 1. The van der Waals surface area contributed by atoms with Crippen LogP contribution in [-0.4, -0.2) is 29.2 Å². The molecule has 2 atom stereocenters. The molecular formula is C13H16ClNO. The molecule has 0 amide bonds. The van der Waals surface area contributed by atoms with Gasteiger partial charge in [-0.15, -0.1) is 0 Å². The summed E-state index contributed by atoms with van der Waals surface area (Å²) in [6, 6.07) is 6.21. The van der Waals surface area contributed by atoms with Crippen molar-refractivity contribution in [3.05, 3.63) is 34.3 Å². The molecule has 3 heteroatoms. The van der Waals surface area contributed by atoms with Crippen LogP contribution >= 0.6 is 11.6 Å². The van der Waals surface area contributed by atoms with Crippen molar-refractivity contribution in [2.45, 2.75) is 31.4 Å². The van der Waals surface area contributed by atoms with E-state index in [2.05, 4.69) is 11.0 Å². The quantitative estimate of drug-likeness (QED) is 0.811. The van der Waals surface area contributed by atoms with Gasteiger partial charge in [0.15, 0.2) is 0 Å². The number of nitrogens with zero attached hydrogens (tertiary/aromatic N) is 1. The van der Waals surface area contributed by atoms with Crippen LogP contribution in [0.5, 0.6) is 0 Å². The number of benzene rings is 1. The van der Waals surface area contributed by atoms with Gasteiger partial charge >= 0.3 is 0 Å². The van der Waals surface area contributed by atoms with Gasteiger partial charge in [-0.1, -0.05) is 17.7 Å². The van der Waals surface area contributed by atoms with Crippen LogP contribution in [-0.2, 0) is 6.42 Å². The number of rotatable bonds is 1. The Kier molecular flexibility index (Phi) is 2.66. The first-order valence-corrected chi connectivity index (χ1v) is 6.34. The molecule has 1 N–H and O–H groups in total. The monoisotopic (exact) mass is 237 g/mol. The van der Waals surface area contributed by atoms with Gasteiger partial charge in [-0.05, 0) is 49.2 Å². The van der Waals surface area contributed by atoms with Crippen LogP contribution in [0, 0.1) is 0 Å². The second-order valence-corrected chi connectivity index (χ2v) is 5.24. The Morgan fingerprint density at radius 1 is 1.25 bits per heavy atom. The molecule has 1 aromatic carbocycles. The highest BCUT2D eigenvalue weighted by Crippen LogP contribution is 2.38. The van der Waals surface area contributed by atoms with Gasteiger partial charge < -0.3 is 5.11 Å². The zero-order chi connectivity index (χ0) is 11.1. The van der Waals surface area contributed by atoms with Crippen molar-refractivity contribution < 1.29 is 5.11 Å². The maximum absolute atomic E-state index is 10.2. The van der Waals surface area contributed by atoms with E-state index >= 15 is 0 Å². The zero-order valence-electron chi connectivity index (χ0n) is 9.19. The van der Waals surface area contributed by atoms with Crippen LogP contribution < -0.4 is 0 Å². The Labute approximate surface area is 101 Å². The van der Waals surface area contributed by atoms with E-state index in [9.17, 15) is 5.11 Å². The lowest BCUT2D eigenvalue weighted by molar-refractivity contribution is 0.0753. The lowest BCUT2D eigenvalue weighted by atomic mass is 10.1. The average molecular weight is 238 g/mol. The van der Waals surface area contributed by atoms with Crippen LogP contribution in [0.25, 0.3) is 0 Å². The third-order valence-corrected chi connectivity index (χ3v) is 3.99. The predicted octanol–water partition coefficient (Wildman–Crippen LogP) is 2.39. The molecule has 16 heavy (non-hydrogen) atoms. The molecule has 86 valence electrons. The zero-order valence-corrected chi connectivity index (χ0v) is 9.95. The minimum absolute atomic E-state index is 0.203. The van der Waals surface area contributed by atoms with E-state index in [1.807, 2.05) is 12.1 Å². The molecule has 0 radical (unpaired) electrons. The molecule has 1 saturated heterocycles. The topological polar surface area (TPSA) is 23.5 Å². The number of halogens is 1. The molecule has 0 aromatic heterocycles. The molecule has 0 spiro atoms. The van der Waals surface area contributed by atoms with E-state index in [-0.39, 0.29) is 12.1 Å². The molecule has 1 aliphatic carbocycles. The van der Waals surface area contributed by atoms with E-state index in [0.717, 1.165) is 24.5 Å². The highest BCUT2D eigenvalue weighted by Gasteiger charge is 2.36. The molecular weight excluding hydrogens is 222 g/mol. The minimum Gasteiger partial charge on any atom is -0.391 e. The highest BCUT2D eigenvalue weighted by atomic mass is 35.5. The van der Waals surface area contributed by atoms with Crippen molar-refractivity contribution in [2.24, 2.45) is 0 Å². The minimum atomic E-state index is -0.258. The van der Waals surface area contributed by atoms with E-state index in [0.29, 0.717) is 0 Å². The summed E-state index contributed by atoms with van der Waals surface area (Å²) in [5.74, 6) is 0. The largest absolute Gasteiger partial charge is 0.391 e. The van der Waals surface area contributed by atoms with E-state index in [1.54, 1.807) is 0 Å². The fourth-order valence-corrected chi connectivity index (χ4v) is 3.24. The maximum atomic E-state index is 10.2. The smallest absolute Gasteiger partial charge is 0.0777 e. The van der Waals surface area contributed by atoms with E-state index in [4.69, 9.17) is 11.6 Å². The molecule has 1 heterocycles. The summed E-state index contributed by atoms with van der Waals surface area (Å²) in [5.41, 5.74) is 2.50. The summed E-state index contributed by atoms with van der Waals surface area (Å²) in [6.45, 7) is 2.23. The molecule has 2 unspecified atom stereocenters. The fourth-order valence-electron chi connectivity index (χ4n) is 3.04. The van der Waals surface area contributed by atoms with E-state index < -0.39 is 0 Å². The summed E-state index contributed by atoms with van der Waals surface area (Å²) in [4.78, 5) is 2.41. The normalized spacial score (nSPS) is 29.6. The first-order valence-electron chi connectivity index (χ1n) is 5.96. The summed E-state index contributed by atoms with van der Waals surface area (Å²) in [7, 11) is 0. The van der Waals surface area contributed by atoms with Gasteiger partial charge in [-0.3, -0.25) is 4.90 Å². The average Bonchev–Trinajstić information content (AvgIpc) is 2.83. The molecule has 2 nitrogen and oxygen atoms in total. The first-order chi connectivity index (χ1) is 7.75. The standard InChI is InChI=1S/C13H16ClNO/c14-10-3-4-11-9(7-10)8-12(16)13(11)15-5-1-2-6-15/h3-4,7,12-13,16H,1-2,5-6,8H2. The maximum Gasteiger partial charge on any atom is 0.0777 e. The van der Waals surface area contributed by atoms with Crippen LogP contribution in [0.15, 0.2) is 18.2 Å². The van der Waals surface area contributed by atoms with Crippen LogP contribution in [0.2, 0.25) is 5.02 Å². The molecule has 2 aliphatic rings. The van der Waals surface area contributed by atoms with Crippen molar-refractivity contribution in [1.29, 1.82) is 0 Å². The van der Waals surface area contributed by atoms with Crippen molar-refractivity contribution in [3.8, 4) is 0 Å². The summed E-state index contributed by atoms with van der Waals surface area (Å²) in [5, 5.41) is 10.9. The van der Waals surface area contributed by atoms with E-state index in [1.165, 1.54) is 24.0 Å². The Morgan fingerprint density at radius 2 is 2.00 bits per heavy atom. The number of fused-ring (bicyclic) bond motifs is 1. The lowest BCUT2D eigenvalue weighted by Crippen LogP contribution is -2.31. The molecule has 1 aromatic rings. The number of aliphatic hydroxyl groups is 1. The van der Waals surface area contributed by atoms with Crippen molar-refractivity contribution in [3.63, 3.8) is 0 Å².